The van der Waals surface area contributed by atoms with Crippen molar-refractivity contribution in [2.45, 2.75) is 13.5 Å². The van der Waals surface area contributed by atoms with Gasteiger partial charge in [-0.1, -0.05) is 24.6 Å². The number of carboxylic acids is 1. The first-order chi connectivity index (χ1) is 8.47. The minimum absolute atomic E-state index is 0.252. The lowest BCUT2D eigenvalue weighted by Crippen LogP contribution is -2.50. The summed E-state index contributed by atoms with van der Waals surface area (Å²) in [6.45, 7) is 4.34. The van der Waals surface area contributed by atoms with E-state index < -0.39 is 5.97 Å². The molecule has 0 bridgehead atoms. The number of rotatable bonds is 4. The van der Waals surface area contributed by atoms with E-state index in [2.05, 4.69) is 20.8 Å². The van der Waals surface area contributed by atoms with E-state index in [0.717, 1.165) is 24.1 Å². The number of carbonyl (C=O) groups is 1. The molecule has 1 aromatic rings. The fourth-order valence-corrected chi connectivity index (χ4v) is 2.70. The highest BCUT2D eigenvalue weighted by Crippen LogP contribution is 2.28. The fraction of sp³-hybridized carbons (Fsp3) is 0.462. The van der Waals surface area contributed by atoms with Gasteiger partial charge in [-0.2, -0.15) is 0 Å². The molecule has 2 rings (SSSR count). The highest BCUT2D eigenvalue weighted by molar-refractivity contribution is 9.10. The van der Waals surface area contributed by atoms with Gasteiger partial charge in [-0.05, 0) is 39.5 Å². The number of aliphatic carboxylic acids is 1. The Morgan fingerprint density at radius 1 is 1.61 bits per heavy atom. The summed E-state index contributed by atoms with van der Waals surface area (Å²) in [7, 11) is 0. The Morgan fingerprint density at radius 2 is 2.28 bits per heavy atom. The zero-order valence-electron chi connectivity index (χ0n) is 10.1. The zero-order valence-corrected chi connectivity index (χ0v) is 12.4. The lowest BCUT2D eigenvalue weighted by Gasteiger charge is -2.41. The van der Waals surface area contributed by atoms with Gasteiger partial charge in [0.05, 0.1) is 10.9 Å². The van der Waals surface area contributed by atoms with E-state index in [-0.39, 0.29) is 11.8 Å². The van der Waals surface area contributed by atoms with Crippen LogP contribution >= 0.6 is 27.5 Å². The normalized spacial score (nSPS) is 18.4. The summed E-state index contributed by atoms with van der Waals surface area (Å²) in [4.78, 5) is 13.1. The molecule has 1 saturated heterocycles. The van der Waals surface area contributed by atoms with Gasteiger partial charge in [-0.25, -0.2) is 0 Å². The molecule has 1 N–H and O–H groups in total. The van der Waals surface area contributed by atoms with Crippen LogP contribution in [-0.4, -0.2) is 29.1 Å². The van der Waals surface area contributed by atoms with Crippen LogP contribution in [0.5, 0.6) is 0 Å². The summed E-state index contributed by atoms with van der Waals surface area (Å²) >= 11 is 9.34. The maximum atomic E-state index is 10.8. The molecule has 0 saturated carbocycles. The number of likely N-dealkylation sites (tertiary alicyclic amines) is 1. The molecule has 1 fully saturated rings. The monoisotopic (exact) mass is 331 g/mol. The SMILES string of the molecule is CC(C(=O)O)C1CN(Cc2ccc(Cl)c(Br)c2)C1. The summed E-state index contributed by atoms with van der Waals surface area (Å²) < 4.78 is 0.901. The van der Waals surface area contributed by atoms with E-state index in [1.54, 1.807) is 6.92 Å². The molecule has 1 aromatic carbocycles. The van der Waals surface area contributed by atoms with Crippen LogP contribution in [0.25, 0.3) is 0 Å². The predicted octanol–water partition coefficient (Wildman–Crippen LogP) is 3.26. The second-order valence-corrected chi connectivity index (χ2v) is 6.09. The molecule has 1 heterocycles. The number of halogens is 2. The Hall–Kier alpha value is -0.580. The van der Waals surface area contributed by atoms with Gasteiger partial charge in [0.15, 0.2) is 0 Å². The molecule has 1 aliphatic rings. The molecule has 0 aliphatic carbocycles. The third kappa shape index (κ3) is 3.05. The summed E-state index contributed by atoms with van der Waals surface area (Å²) in [6.07, 6.45) is 0. The molecule has 5 heteroatoms. The van der Waals surface area contributed by atoms with Gasteiger partial charge < -0.3 is 5.11 Å². The number of nitrogens with zero attached hydrogens (tertiary/aromatic N) is 1. The Bertz CT molecular complexity index is 460. The van der Waals surface area contributed by atoms with Crippen LogP contribution < -0.4 is 0 Å². The molecule has 1 aliphatic heterocycles. The molecule has 1 unspecified atom stereocenters. The third-order valence-electron chi connectivity index (χ3n) is 3.47. The van der Waals surface area contributed by atoms with E-state index in [9.17, 15) is 4.79 Å². The van der Waals surface area contributed by atoms with E-state index in [0.29, 0.717) is 5.02 Å². The van der Waals surface area contributed by atoms with Crippen LogP contribution in [-0.2, 0) is 11.3 Å². The Balaban J connectivity index is 1.86. The molecule has 1 atom stereocenters. The average Bonchev–Trinajstić information content (AvgIpc) is 2.26. The number of carboxylic acid groups (broad SMARTS) is 1. The molecule has 0 amide bonds. The summed E-state index contributed by atoms with van der Waals surface area (Å²) in [5.41, 5.74) is 1.19. The van der Waals surface area contributed by atoms with Gasteiger partial charge in [0, 0.05) is 24.1 Å². The molecule has 0 aromatic heterocycles. The van der Waals surface area contributed by atoms with Gasteiger partial charge in [0.1, 0.15) is 0 Å². The number of hydrogen-bond donors (Lipinski definition) is 1. The van der Waals surface area contributed by atoms with Gasteiger partial charge in [0.2, 0.25) is 0 Å². The number of hydrogen-bond acceptors (Lipinski definition) is 2. The molecule has 98 valence electrons. The Kier molecular flexibility index (Phi) is 4.30. The molecule has 0 spiro atoms. The standard InChI is InChI=1S/C13H15BrClNO2/c1-8(13(17)18)10-6-16(7-10)5-9-2-3-12(15)11(14)4-9/h2-4,8,10H,5-7H2,1H3,(H,17,18). The number of benzene rings is 1. The van der Waals surface area contributed by atoms with E-state index in [1.165, 1.54) is 5.56 Å². The summed E-state index contributed by atoms with van der Waals surface area (Å²) in [5, 5.41) is 9.63. The van der Waals surface area contributed by atoms with Gasteiger partial charge in [-0.15, -0.1) is 0 Å². The Labute approximate surface area is 120 Å². The molecule has 3 nitrogen and oxygen atoms in total. The van der Waals surface area contributed by atoms with Crippen LogP contribution in [0, 0.1) is 11.8 Å². The predicted molar refractivity (Wildman–Crippen MR) is 74.7 cm³/mol. The van der Waals surface area contributed by atoms with Crippen molar-refractivity contribution in [3.8, 4) is 0 Å². The van der Waals surface area contributed by atoms with Crippen molar-refractivity contribution in [3.05, 3.63) is 33.3 Å². The summed E-state index contributed by atoms with van der Waals surface area (Å²) in [5.74, 6) is -0.676. The highest BCUT2D eigenvalue weighted by Gasteiger charge is 2.34. The molecule has 0 radical (unpaired) electrons. The third-order valence-corrected chi connectivity index (χ3v) is 4.69. The van der Waals surface area contributed by atoms with Crippen LogP contribution in [0.4, 0.5) is 0 Å². The molecule has 18 heavy (non-hydrogen) atoms. The first kappa shape index (κ1) is 13.8. The van der Waals surface area contributed by atoms with E-state index in [1.807, 2.05) is 18.2 Å². The van der Waals surface area contributed by atoms with Crippen molar-refractivity contribution in [1.29, 1.82) is 0 Å². The fourth-order valence-electron chi connectivity index (χ4n) is 2.15. The highest BCUT2D eigenvalue weighted by atomic mass is 79.9. The zero-order chi connectivity index (χ0) is 13.3. The van der Waals surface area contributed by atoms with Crippen molar-refractivity contribution < 1.29 is 9.90 Å². The van der Waals surface area contributed by atoms with Crippen LogP contribution in [0.15, 0.2) is 22.7 Å². The van der Waals surface area contributed by atoms with E-state index >= 15 is 0 Å². The van der Waals surface area contributed by atoms with Crippen LogP contribution in [0.1, 0.15) is 12.5 Å². The minimum Gasteiger partial charge on any atom is -0.481 e. The van der Waals surface area contributed by atoms with Crippen LogP contribution in [0.2, 0.25) is 5.02 Å². The quantitative estimate of drug-likeness (QED) is 0.920. The lowest BCUT2D eigenvalue weighted by molar-refractivity contribution is -0.145. The van der Waals surface area contributed by atoms with Crippen molar-refractivity contribution in [2.75, 3.05) is 13.1 Å². The van der Waals surface area contributed by atoms with Crippen molar-refractivity contribution in [2.24, 2.45) is 11.8 Å². The van der Waals surface area contributed by atoms with Crippen molar-refractivity contribution >= 4 is 33.5 Å². The molecular weight excluding hydrogens is 318 g/mol. The first-order valence-corrected chi connectivity index (χ1v) is 7.03. The second kappa shape index (κ2) is 5.59. The molecular formula is C13H15BrClNO2. The Morgan fingerprint density at radius 3 is 2.83 bits per heavy atom. The topological polar surface area (TPSA) is 40.5 Å². The van der Waals surface area contributed by atoms with Crippen molar-refractivity contribution in [1.82, 2.24) is 4.90 Å². The maximum absolute atomic E-state index is 10.8. The van der Waals surface area contributed by atoms with E-state index in [4.69, 9.17) is 16.7 Å². The summed E-state index contributed by atoms with van der Waals surface area (Å²) in [6, 6.07) is 5.88. The minimum atomic E-state index is -0.700. The first-order valence-electron chi connectivity index (χ1n) is 5.86. The van der Waals surface area contributed by atoms with Gasteiger partial charge >= 0.3 is 5.97 Å². The second-order valence-electron chi connectivity index (χ2n) is 4.83. The smallest absolute Gasteiger partial charge is 0.306 e. The van der Waals surface area contributed by atoms with Crippen molar-refractivity contribution in [3.63, 3.8) is 0 Å². The largest absolute Gasteiger partial charge is 0.481 e. The van der Waals surface area contributed by atoms with Crippen LogP contribution in [0.3, 0.4) is 0 Å². The average molecular weight is 333 g/mol. The van der Waals surface area contributed by atoms with Gasteiger partial charge in [-0.3, -0.25) is 9.69 Å². The maximum Gasteiger partial charge on any atom is 0.306 e. The van der Waals surface area contributed by atoms with Gasteiger partial charge in [0.25, 0.3) is 0 Å². The lowest BCUT2D eigenvalue weighted by atomic mass is 9.87.